The van der Waals surface area contributed by atoms with Crippen molar-refractivity contribution in [2.24, 2.45) is 5.92 Å². The van der Waals surface area contributed by atoms with Crippen LogP contribution in [-0.4, -0.2) is 25.3 Å². The second kappa shape index (κ2) is 4.77. The molecule has 2 rings (SSSR count). The summed E-state index contributed by atoms with van der Waals surface area (Å²) < 4.78 is 5.42. The van der Waals surface area contributed by atoms with Crippen molar-refractivity contribution < 1.29 is 4.74 Å². The number of nitrogens with one attached hydrogen (secondary N) is 1. The lowest BCUT2D eigenvalue weighted by Crippen LogP contribution is -2.42. The van der Waals surface area contributed by atoms with Gasteiger partial charge in [0.1, 0.15) is 0 Å². The van der Waals surface area contributed by atoms with Crippen molar-refractivity contribution in [1.82, 2.24) is 5.32 Å². The predicted molar refractivity (Wildman–Crippen MR) is 53.7 cm³/mol. The summed E-state index contributed by atoms with van der Waals surface area (Å²) in [6.45, 7) is 1.78. The zero-order valence-electron chi connectivity index (χ0n) is 8.54. The van der Waals surface area contributed by atoms with Crippen LogP contribution in [0.1, 0.15) is 32.1 Å². The molecule has 0 aromatic carbocycles. The van der Waals surface area contributed by atoms with E-state index in [1.165, 1.54) is 12.8 Å². The first-order valence-corrected chi connectivity index (χ1v) is 5.62. The molecule has 1 saturated carbocycles. The molecule has 3 heteroatoms. The Morgan fingerprint density at radius 1 is 1.21 bits per heavy atom. The standard InChI is InChI=1S/C11H18N2O/c12-7-9-3-4-10(6-9)13-11-2-1-5-14-8-11/h9-11,13H,1-6,8H2/t9?,10?,11-/m1/s1. The lowest BCUT2D eigenvalue weighted by atomic mass is 10.1. The minimum absolute atomic E-state index is 0.289. The zero-order chi connectivity index (χ0) is 9.80. The van der Waals surface area contributed by atoms with Crippen molar-refractivity contribution in [1.29, 1.82) is 5.26 Å². The van der Waals surface area contributed by atoms with E-state index in [1.807, 2.05) is 0 Å². The van der Waals surface area contributed by atoms with Gasteiger partial charge in [-0.3, -0.25) is 0 Å². The first kappa shape index (κ1) is 9.95. The summed E-state index contributed by atoms with van der Waals surface area (Å²) in [5.74, 6) is 0.289. The third-order valence-corrected chi connectivity index (χ3v) is 3.25. The van der Waals surface area contributed by atoms with Gasteiger partial charge in [-0.2, -0.15) is 5.26 Å². The summed E-state index contributed by atoms with van der Waals surface area (Å²) in [5, 5.41) is 12.4. The zero-order valence-corrected chi connectivity index (χ0v) is 8.54. The van der Waals surface area contributed by atoms with Crippen LogP contribution < -0.4 is 5.32 Å². The van der Waals surface area contributed by atoms with E-state index in [2.05, 4.69) is 11.4 Å². The van der Waals surface area contributed by atoms with Gasteiger partial charge in [0.05, 0.1) is 12.7 Å². The highest BCUT2D eigenvalue weighted by Crippen LogP contribution is 2.25. The van der Waals surface area contributed by atoms with Gasteiger partial charge >= 0.3 is 0 Å². The smallest absolute Gasteiger partial charge is 0.0656 e. The highest BCUT2D eigenvalue weighted by atomic mass is 16.5. The van der Waals surface area contributed by atoms with Crippen LogP contribution in [-0.2, 0) is 4.74 Å². The van der Waals surface area contributed by atoms with Gasteiger partial charge in [-0.1, -0.05) is 0 Å². The molecule has 1 heterocycles. The third-order valence-electron chi connectivity index (χ3n) is 3.25. The summed E-state index contributed by atoms with van der Waals surface area (Å²) in [6, 6.07) is 3.45. The minimum atomic E-state index is 0.289. The SMILES string of the molecule is N#CC1CCC(N[C@@H]2CCCOC2)C1. The number of nitrogens with zero attached hydrogens (tertiary/aromatic N) is 1. The maximum Gasteiger partial charge on any atom is 0.0656 e. The molecule has 2 aliphatic rings. The molecule has 1 saturated heterocycles. The van der Waals surface area contributed by atoms with Crippen LogP contribution in [0.2, 0.25) is 0 Å². The molecule has 2 unspecified atom stereocenters. The van der Waals surface area contributed by atoms with Crippen molar-refractivity contribution in [2.45, 2.75) is 44.2 Å². The summed E-state index contributed by atoms with van der Waals surface area (Å²) >= 11 is 0. The van der Waals surface area contributed by atoms with Gasteiger partial charge in [-0.25, -0.2) is 0 Å². The van der Waals surface area contributed by atoms with Gasteiger partial charge in [-0.05, 0) is 32.1 Å². The fourth-order valence-electron chi connectivity index (χ4n) is 2.46. The molecular formula is C11H18N2O. The number of hydrogen-bond donors (Lipinski definition) is 1. The highest BCUT2D eigenvalue weighted by Gasteiger charge is 2.26. The quantitative estimate of drug-likeness (QED) is 0.723. The van der Waals surface area contributed by atoms with Crippen LogP contribution >= 0.6 is 0 Å². The van der Waals surface area contributed by atoms with Crippen molar-refractivity contribution in [3.05, 3.63) is 0 Å². The van der Waals surface area contributed by atoms with Crippen LogP contribution in [0.5, 0.6) is 0 Å². The van der Waals surface area contributed by atoms with Gasteiger partial charge in [0.2, 0.25) is 0 Å². The van der Waals surface area contributed by atoms with E-state index in [1.54, 1.807) is 0 Å². The van der Waals surface area contributed by atoms with E-state index in [0.717, 1.165) is 32.5 Å². The normalized spacial score (nSPS) is 38.1. The molecule has 14 heavy (non-hydrogen) atoms. The Labute approximate surface area is 85.4 Å². The Hall–Kier alpha value is -0.590. The van der Waals surface area contributed by atoms with Gasteiger partial charge in [0.15, 0.2) is 0 Å². The average molecular weight is 194 g/mol. The Morgan fingerprint density at radius 3 is 2.79 bits per heavy atom. The van der Waals surface area contributed by atoms with Crippen LogP contribution in [0.25, 0.3) is 0 Å². The summed E-state index contributed by atoms with van der Waals surface area (Å²) in [7, 11) is 0. The van der Waals surface area contributed by atoms with Crippen molar-refractivity contribution in [2.75, 3.05) is 13.2 Å². The molecule has 1 N–H and O–H groups in total. The molecule has 3 nitrogen and oxygen atoms in total. The van der Waals surface area contributed by atoms with E-state index in [9.17, 15) is 0 Å². The van der Waals surface area contributed by atoms with Gasteiger partial charge in [0, 0.05) is 24.6 Å². The molecular weight excluding hydrogens is 176 g/mol. The first-order valence-electron chi connectivity index (χ1n) is 5.62. The summed E-state index contributed by atoms with van der Waals surface area (Å²) in [6.07, 6.45) is 5.67. The molecule has 0 radical (unpaired) electrons. The molecule has 1 aliphatic heterocycles. The van der Waals surface area contributed by atoms with E-state index < -0.39 is 0 Å². The van der Waals surface area contributed by atoms with Gasteiger partial charge in [0.25, 0.3) is 0 Å². The fraction of sp³-hybridized carbons (Fsp3) is 0.909. The monoisotopic (exact) mass is 194 g/mol. The average Bonchev–Trinajstić information content (AvgIpc) is 2.67. The largest absolute Gasteiger partial charge is 0.380 e. The van der Waals surface area contributed by atoms with Crippen molar-refractivity contribution in [3.8, 4) is 6.07 Å². The van der Waals surface area contributed by atoms with Crippen molar-refractivity contribution in [3.63, 3.8) is 0 Å². The van der Waals surface area contributed by atoms with Crippen LogP contribution in [0.3, 0.4) is 0 Å². The Balaban J connectivity index is 1.73. The third kappa shape index (κ3) is 2.46. The number of rotatable bonds is 2. The second-order valence-corrected chi connectivity index (χ2v) is 4.42. The van der Waals surface area contributed by atoms with Gasteiger partial charge in [-0.15, -0.1) is 0 Å². The summed E-state index contributed by atoms with van der Waals surface area (Å²) in [5.41, 5.74) is 0. The molecule has 0 bridgehead atoms. The van der Waals surface area contributed by atoms with Crippen LogP contribution in [0, 0.1) is 17.2 Å². The van der Waals surface area contributed by atoms with Crippen LogP contribution in [0.15, 0.2) is 0 Å². The molecule has 2 fully saturated rings. The van der Waals surface area contributed by atoms with E-state index >= 15 is 0 Å². The molecule has 0 spiro atoms. The Bertz CT molecular complexity index is 218. The van der Waals surface area contributed by atoms with Crippen molar-refractivity contribution >= 4 is 0 Å². The Kier molecular flexibility index (Phi) is 3.39. The molecule has 0 amide bonds. The van der Waals surface area contributed by atoms with Gasteiger partial charge < -0.3 is 10.1 Å². The minimum Gasteiger partial charge on any atom is -0.380 e. The topological polar surface area (TPSA) is 45.0 Å². The number of hydrogen-bond acceptors (Lipinski definition) is 3. The van der Waals surface area contributed by atoms with E-state index in [-0.39, 0.29) is 5.92 Å². The maximum atomic E-state index is 8.79. The molecule has 3 atom stereocenters. The molecule has 78 valence electrons. The van der Waals surface area contributed by atoms with E-state index in [0.29, 0.717) is 12.1 Å². The lowest BCUT2D eigenvalue weighted by molar-refractivity contribution is 0.0665. The summed E-state index contributed by atoms with van der Waals surface area (Å²) in [4.78, 5) is 0. The fourth-order valence-corrected chi connectivity index (χ4v) is 2.46. The molecule has 0 aromatic rings. The molecule has 1 aliphatic carbocycles. The number of nitriles is 1. The predicted octanol–water partition coefficient (Wildman–Crippen LogP) is 1.45. The first-order chi connectivity index (χ1) is 6.88. The second-order valence-electron chi connectivity index (χ2n) is 4.42. The van der Waals surface area contributed by atoms with E-state index in [4.69, 9.17) is 10.00 Å². The molecule has 0 aromatic heterocycles. The highest BCUT2D eigenvalue weighted by molar-refractivity contribution is 4.93. The Morgan fingerprint density at radius 2 is 2.14 bits per heavy atom. The number of ether oxygens (including phenoxy) is 1. The van der Waals surface area contributed by atoms with Crippen LogP contribution in [0.4, 0.5) is 0 Å². The maximum absolute atomic E-state index is 8.79. The lowest BCUT2D eigenvalue weighted by Gasteiger charge is -2.26.